The third kappa shape index (κ3) is 3.68. The Labute approximate surface area is 149 Å². The molecule has 0 unspecified atom stereocenters. The van der Waals surface area contributed by atoms with E-state index in [-0.39, 0.29) is 9.79 Å². The van der Waals surface area contributed by atoms with Gasteiger partial charge < -0.3 is 5.32 Å². The maximum absolute atomic E-state index is 12.3. The van der Waals surface area contributed by atoms with Gasteiger partial charge in [0.05, 0.1) is 9.79 Å². The molecule has 0 aliphatic carbocycles. The standard InChI is InChI=1S/C15H11ClN2O5S2/c16-11-2-4-12(5-3-11)17-15(19)18-25(22,23)13-6-1-10-7-8-24(20,21)14(10)9-13/h1-9H,(H2,17,18,19). The number of fused-ring (bicyclic) bond motifs is 1. The molecule has 1 aliphatic heterocycles. The van der Waals surface area contributed by atoms with E-state index in [9.17, 15) is 21.6 Å². The molecule has 0 saturated heterocycles. The van der Waals surface area contributed by atoms with Crippen LogP contribution in [0.4, 0.5) is 10.5 Å². The number of hydrogen-bond acceptors (Lipinski definition) is 5. The zero-order valence-corrected chi connectivity index (χ0v) is 14.8. The van der Waals surface area contributed by atoms with Crippen LogP contribution in [0, 0.1) is 0 Å². The van der Waals surface area contributed by atoms with Crippen LogP contribution in [-0.4, -0.2) is 22.9 Å². The molecule has 7 nitrogen and oxygen atoms in total. The summed E-state index contributed by atoms with van der Waals surface area (Å²) in [4.78, 5) is 11.4. The highest BCUT2D eigenvalue weighted by atomic mass is 35.5. The lowest BCUT2D eigenvalue weighted by molar-refractivity contribution is 0.256. The van der Waals surface area contributed by atoms with E-state index in [0.717, 1.165) is 11.5 Å². The largest absolute Gasteiger partial charge is 0.333 e. The van der Waals surface area contributed by atoms with Crippen molar-refractivity contribution in [2.45, 2.75) is 9.79 Å². The van der Waals surface area contributed by atoms with Gasteiger partial charge >= 0.3 is 6.03 Å². The maximum atomic E-state index is 12.3. The van der Waals surface area contributed by atoms with E-state index in [4.69, 9.17) is 11.6 Å². The Morgan fingerprint density at radius 2 is 1.72 bits per heavy atom. The van der Waals surface area contributed by atoms with Crippen LogP contribution < -0.4 is 10.0 Å². The first kappa shape index (κ1) is 17.5. The number of sulfone groups is 1. The molecule has 2 N–H and O–H groups in total. The van der Waals surface area contributed by atoms with Crippen LogP contribution in [0.25, 0.3) is 6.08 Å². The van der Waals surface area contributed by atoms with Gasteiger partial charge in [0.2, 0.25) is 0 Å². The molecule has 0 bridgehead atoms. The third-order valence-corrected chi connectivity index (χ3v) is 6.40. The van der Waals surface area contributed by atoms with Gasteiger partial charge in [-0.3, -0.25) is 0 Å². The van der Waals surface area contributed by atoms with Crippen molar-refractivity contribution in [1.82, 2.24) is 4.72 Å². The molecular weight excluding hydrogens is 388 g/mol. The molecule has 1 aliphatic rings. The van der Waals surface area contributed by atoms with Crippen molar-refractivity contribution in [2.75, 3.05) is 5.32 Å². The Balaban J connectivity index is 1.81. The van der Waals surface area contributed by atoms with Gasteiger partial charge in [-0.2, -0.15) is 0 Å². The number of rotatable bonds is 3. The Morgan fingerprint density at radius 3 is 2.40 bits per heavy atom. The summed E-state index contributed by atoms with van der Waals surface area (Å²) in [5, 5.41) is 3.80. The van der Waals surface area contributed by atoms with Crippen molar-refractivity contribution in [2.24, 2.45) is 0 Å². The summed E-state index contributed by atoms with van der Waals surface area (Å²) in [6.45, 7) is 0. The Morgan fingerprint density at radius 1 is 1.04 bits per heavy atom. The second-order valence-electron chi connectivity index (χ2n) is 5.11. The predicted octanol–water partition coefficient (Wildman–Crippen LogP) is 2.61. The van der Waals surface area contributed by atoms with Gasteiger partial charge in [-0.05, 0) is 48.0 Å². The molecule has 2 aromatic carbocycles. The highest BCUT2D eigenvalue weighted by molar-refractivity contribution is 7.95. The fraction of sp³-hybridized carbons (Fsp3) is 0. The summed E-state index contributed by atoms with van der Waals surface area (Å²) in [6.07, 6.45) is 1.38. The summed E-state index contributed by atoms with van der Waals surface area (Å²) < 4.78 is 50.1. The fourth-order valence-electron chi connectivity index (χ4n) is 2.17. The van der Waals surface area contributed by atoms with E-state index < -0.39 is 25.9 Å². The first-order valence-electron chi connectivity index (χ1n) is 6.84. The van der Waals surface area contributed by atoms with Crippen molar-refractivity contribution in [3.05, 3.63) is 58.5 Å². The molecule has 25 heavy (non-hydrogen) atoms. The number of benzene rings is 2. The Bertz CT molecular complexity index is 1090. The molecule has 0 fully saturated rings. The van der Waals surface area contributed by atoms with Crippen LogP contribution in [-0.2, 0) is 19.9 Å². The maximum Gasteiger partial charge on any atom is 0.333 e. The zero-order chi connectivity index (χ0) is 18.2. The first-order valence-corrected chi connectivity index (χ1v) is 10.2. The van der Waals surface area contributed by atoms with Crippen LogP contribution in [0.2, 0.25) is 5.02 Å². The Hall–Kier alpha value is -2.36. The number of anilines is 1. The second-order valence-corrected chi connectivity index (χ2v) is 9.03. The van der Waals surface area contributed by atoms with Gasteiger partial charge in [-0.15, -0.1) is 0 Å². The topological polar surface area (TPSA) is 109 Å². The monoisotopic (exact) mass is 398 g/mol. The van der Waals surface area contributed by atoms with E-state index in [0.29, 0.717) is 16.3 Å². The normalized spacial score (nSPS) is 14.8. The molecule has 2 aromatic rings. The molecule has 10 heteroatoms. The molecule has 0 spiro atoms. The Kier molecular flexibility index (Phi) is 4.31. The van der Waals surface area contributed by atoms with Gasteiger partial charge in [0.15, 0.2) is 9.84 Å². The number of hydrogen-bond donors (Lipinski definition) is 2. The number of carbonyl (C=O) groups is 1. The van der Waals surface area contributed by atoms with Crippen molar-refractivity contribution < 1.29 is 21.6 Å². The fourth-order valence-corrected chi connectivity index (χ4v) is 4.53. The van der Waals surface area contributed by atoms with E-state index in [1.807, 2.05) is 4.72 Å². The van der Waals surface area contributed by atoms with Crippen molar-refractivity contribution in [3.8, 4) is 0 Å². The lowest BCUT2D eigenvalue weighted by Crippen LogP contribution is -2.34. The van der Waals surface area contributed by atoms with Gasteiger partial charge in [-0.25, -0.2) is 26.4 Å². The van der Waals surface area contributed by atoms with E-state index >= 15 is 0 Å². The molecule has 0 atom stereocenters. The zero-order valence-electron chi connectivity index (χ0n) is 12.4. The second kappa shape index (κ2) is 6.17. The number of amides is 2. The van der Waals surface area contributed by atoms with Gasteiger partial charge in [0.1, 0.15) is 0 Å². The molecule has 0 aromatic heterocycles. The highest BCUT2D eigenvalue weighted by Crippen LogP contribution is 2.28. The lowest BCUT2D eigenvalue weighted by Gasteiger charge is -2.10. The summed E-state index contributed by atoms with van der Waals surface area (Å²) in [5.74, 6) is 0. The molecule has 3 rings (SSSR count). The highest BCUT2D eigenvalue weighted by Gasteiger charge is 2.25. The molecule has 0 saturated carbocycles. The van der Waals surface area contributed by atoms with Crippen LogP contribution in [0.5, 0.6) is 0 Å². The van der Waals surface area contributed by atoms with Crippen LogP contribution in [0.1, 0.15) is 5.56 Å². The first-order chi connectivity index (χ1) is 11.7. The summed E-state index contributed by atoms with van der Waals surface area (Å²) in [7, 11) is -7.90. The minimum atomic E-state index is -4.24. The van der Waals surface area contributed by atoms with Crippen molar-refractivity contribution in [1.29, 1.82) is 0 Å². The van der Waals surface area contributed by atoms with Crippen molar-refractivity contribution in [3.63, 3.8) is 0 Å². The van der Waals surface area contributed by atoms with E-state index in [1.165, 1.54) is 42.5 Å². The van der Waals surface area contributed by atoms with Gasteiger partial charge in [0, 0.05) is 16.1 Å². The quantitative estimate of drug-likeness (QED) is 0.825. The van der Waals surface area contributed by atoms with Gasteiger partial charge in [0.25, 0.3) is 10.0 Å². The van der Waals surface area contributed by atoms with Crippen LogP contribution in [0.15, 0.2) is 57.7 Å². The predicted molar refractivity (Wildman–Crippen MR) is 93.5 cm³/mol. The SMILES string of the molecule is O=C(Nc1ccc(Cl)cc1)NS(=O)(=O)c1ccc2c(c1)S(=O)(=O)C=C2. The third-order valence-electron chi connectivity index (χ3n) is 3.36. The average Bonchev–Trinajstić information content (AvgIpc) is 2.84. The molecule has 1 heterocycles. The minimum absolute atomic E-state index is 0.117. The molecular formula is C15H11ClN2O5S2. The number of sulfonamides is 1. The van der Waals surface area contributed by atoms with Gasteiger partial charge in [-0.1, -0.05) is 17.7 Å². The number of urea groups is 1. The summed E-state index contributed by atoms with van der Waals surface area (Å²) in [6, 6.07) is 8.69. The summed E-state index contributed by atoms with van der Waals surface area (Å²) >= 11 is 5.73. The van der Waals surface area contributed by atoms with Crippen LogP contribution >= 0.6 is 11.6 Å². The van der Waals surface area contributed by atoms with Crippen molar-refractivity contribution >= 4 is 49.3 Å². The van der Waals surface area contributed by atoms with E-state index in [1.54, 1.807) is 0 Å². The average molecular weight is 399 g/mol. The van der Waals surface area contributed by atoms with Crippen LogP contribution in [0.3, 0.4) is 0 Å². The number of halogens is 1. The summed E-state index contributed by atoms with van der Waals surface area (Å²) in [5.41, 5.74) is 0.738. The van der Waals surface area contributed by atoms with E-state index in [2.05, 4.69) is 5.32 Å². The molecule has 130 valence electrons. The smallest absolute Gasteiger partial charge is 0.307 e. The number of carbonyl (C=O) groups excluding carboxylic acids is 1. The lowest BCUT2D eigenvalue weighted by atomic mass is 10.2. The number of nitrogens with one attached hydrogen (secondary N) is 2. The molecule has 0 radical (unpaired) electrons. The minimum Gasteiger partial charge on any atom is -0.307 e. The molecule has 2 amide bonds.